The topological polar surface area (TPSA) is 81.8 Å². The monoisotopic (exact) mass is 406 g/mol. The predicted molar refractivity (Wildman–Crippen MR) is 91.7 cm³/mol. The zero-order chi connectivity index (χ0) is 18.0. The Kier molecular flexibility index (Phi) is 4.63. The number of alkyl halides is 1. The van der Waals surface area contributed by atoms with E-state index >= 15 is 4.39 Å². The van der Waals surface area contributed by atoms with E-state index < -0.39 is 29.0 Å². The van der Waals surface area contributed by atoms with Gasteiger partial charge in [0.15, 0.2) is 0 Å². The third-order valence-electron chi connectivity index (χ3n) is 4.00. The summed E-state index contributed by atoms with van der Waals surface area (Å²) in [5.41, 5.74) is -2.42. The lowest BCUT2D eigenvalue weighted by Crippen LogP contribution is -2.47. The van der Waals surface area contributed by atoms with Crippen molar-refractivity contribution >= 4 is 27.6 Å². The lowest BCUT2D eigenvalue weighted by atomic mass is 9.78. The van der Waals surface area contributed by atoms with Crippen LogP contribution in [0.15, 0.2) is 64.2 Å². The predicted octanol–water partition coefficient (Wildman–Crippen LogP) is 3.48. The third kappa shape index (κ3) is 3.05. The van der Waals surface area contributed by atoms with Crippen LogP contribution in [0.3, 0.4) is 0 Å². The Hall–Kier alpha value is -2.61. The van der Waals surface area contributed by atoms with Gasteiger partial charge in [0.25, 0.3) is 5.67 Å². The van der Waals surface area contributed by atoms with Gasteiger partial charge in [0.1, 0.15) is 5.71 Å². The van der Waals surface area contributed by atoms with Gasteiger partial charge in [-0.05, 0) is 11.6 Å². The molecule has 8 heteroatoms. The van der Waals surface area contributed by atoms with Crippen LogP contribution in [-0.4, -0.2) is 28.8 Å². The minimum absolute atomic E-state index is 0.277. The Bertz CT molecular complexity index is 859. The first-order chi connectivity index (χ1) is 11.9. The highest BCUT2D eigenvalue weighted by Gasteiger charge is 2.59. The highest BCUT2D eigenvalue weighted by atomic mass is 79.9. The van der Waals surface area contributed by atoms with Crippen molar-refractivity contribution in [1.82, 2.24) is 0 Å². The van der Waals surface area contributed by atoms with Crippen molar-refractivity contribution in [1.29, 1.82) is 0 Å². The van der Waals surface area contributed by atoms with Gasteiger partial charge in [-0.1, -0.05) is 69.6 Å². The third-order valence-corrected chi connectivity index (χ3v) is 4.70. The summed E-state index contributed by atoms with van der Waals surface area (Å²) < 4.78 is 16.5. The van der Waals surface area contributed by atoms with Gasteiger partial charge in [0, 0.05) is 15.0 Å². The fourth-order valence-corrected chi connectivity index (χ4v) is 3.29. The summed E-state index contributed by atoms with van der Waals surface area (Å²) in [5, 5.41) is 14.7. The number of hydrogen-bond donors (Lipinski definition) is 0. The van der Waals surface area contributed by atoms with E-state index in [4.69, 9.17) is 0 Å². The van der Waals surface area contributed by atoms with Crippen molar-refractivity contribution in [2.24, 2.45) is 5.16 Å². The Morgan fingerprint density at radius 3 is 2.48 bits per heavy atom. The van der Waals surface area contributed by atoms with Crippen LogP contribution >= 0.6 is 15.9 Å². The van der Waals surface area contributed by atoms with E-state index in [0.717, 1.165) is 0 Å². The number of nitrogens with zero attached hydrogens (tertiary/aromatic N) is 2. The van der Waals surface area contributed by atoms with E-state index in [2.05, 4.69) is 25.9 Å². The van der Waals surface area contributed by atoms with Crippen LogP contribution in [0.2, 0.25) is 0 Å². The fraction of sp³-hybridized carbons (Fsp3) is 0.176. The molecule has 0 aliphatic carbocycles. The Morgan fingerprint density at radius 1 is 1.20 bits per heavy atom. The second-order valence-corrected chi connectivity index (χ2v) is 6.34. The molecule has 2 aromatic carbocycles. The van der Waals surface area contributed by atoms with Crippen LogP contribution in [0.1, 0.15) is 17.0 Å². The molecule has 0 fully saturated rings. The first-order valence-corrected chi connectivity index (χ1v) is 8.14. The highest BCUT2D eigenvalue weighted by Crippen LogP contribution is 2.41. The summed E-state index contributed by atoms with van der Waals surface area (Å²) in [4.78, 5) is 27.3. The summed E-state index contributed by atoms with van der Waals surface area (Å²) in [6, 6.07) is 14.6. The molecule has 0 N–H and O–H groups in total. The standard InChI is InChI=1S/C17H12BrFN2O4/c18-14-9-5-4-8-12(14)15-17(19,16(22)25-20-15)13(10-21(23)24)11-6-2-1-3-7-11/h1-9,13H,10H2. The number of oxime groups is 1. The van der Waals surface area contributed by atoms with Gasteiger partial charge in [0.05, 0.1) is 5.92 Å². The average molecular weight is 407 g/mol. The number of carbonyl (C=O) groups is 1. The number of benzene rings is 2. The van der Waals surface area contributed by atoms with Crippen molar-refractivity contribution in [2.75, 3.05) is 6.54 Å². The van der Waals surface area contributed by atoms with Gasteiger partial charge in [-0.15, -0.1) is 0 Å². The summed E-state index contributed by atoms with van der Waals surface area (Å²) in [6.07, 6.45) is 0. The van der Waals surface area contributed by atoms with Crippen LogP contribution in [0.4, 0.5) is 4.39 Å². The average Bonchev–Trinajstić information content (AvgIpc) is 2.90. The second-order valence-electron chi connectivity index (χ2n) is 5.49. The van der Waals surface area contributed by atoms with Crippen LogP contribution in [0.25, 0.3) is 0 Å². The van der Waals surface area contributed by atoms with Crippen molar-refractivity contribution in [2.45, 2.75) is 11.6 Å². The molecule has 0 radical (unpaired) electrons. The van der Waals surface area contributed by atoms with E-state index in [1.807, 2.05) is 0 Å². The number of nitro groups is 1. The molecule has 128 valence electrons. The van der Waals surface area contributed by atoms with Crippen LogP contribution < -0.4 is 0 Å². The van der Waals surface area contributed by atoms with E-state index in [-0.39, 0.29) is 5.71 Å². The zero-order valence-corrected chi connectivity index (χ0v) is 14.3. The molecular formula is C17H12BrFN2O4. The molecule has 0 spiro atoms. The molecule has 0 saturated carbocycles. The molecule has 25 heavy (non-hydrogen) atoms. The van der Waals surface area contributed by atoms with Gasteiger partial charge >= 0.3 is 5.97 Å². The minimum atomic E-state index is -2.77. The molecule has 1 heterocycles. The molecule has 6 nitrogen and oxygen atoms in total. The quantitative estimate of drug-likeness (QED) is 0.432. The van der Waals surface area contributed by atoms with E-state index in [1.165, 1.54) is 0 Å². The first kappa shape index (κ1) is 17.2. The molecule has 2 aromatic rings. The molecule has 2 unspecified atom stereocenters. The first-order valence-electron chi connectivity index (χ1n) is 7.35. The molecule has 3 rings (SSSR count). The zero-order valence-electron chi connectivity index (χ0n) is 12.8. The normalized spacial score (nSPS) is 20.7. The Labute approximate surface area is 150 Å². The maximum absolute atomic E-state index is 16.0. The van der Waals surface area contributed by atoms with Crippen molar-refractivity contribution < 1.29 is 18.9 Å². The molecule has 0 amide bonds. The van der Waals surface area contributed by atoms with Crippen LogP contribution in [-0.2, 0) is 9.63 Å². The Balaban J connectivity index is 2.15. The SMILES string of the molecule is O=C1ON=C(c2ccccc2Br)C1(F)C(C[N+](=O)[O-])c1ccccc1. The second kappa shape index (κ2) is 6.72. The summed E-state index contributed by atoms with van der Waals surface area (Å²) in [6.45, 7) is -0.779. The molecule has 0 saturated heterocycles. The number of rotatable bonds is 5. The molecule has 0 aromatic heterocycles. The summed E-state index contributed by atoms with van der Waals surface area (Å²) >= 11 is 3.29. The van der Waals surface area contributed by atoms with Crippen molar-refractivity contribution in [3.8, 4) is 0 Å². The van der Waals surface area contributed by atoms with Crippen LogP contribution in [0, 0.1) is 10.1 Å². The largest absolute Gasteiger partial charge is 0.379 e. The van der Waals surface area contributed by atoms with Gasteiger partial charge in [-0.2, -0.15) is 0 Å². The van der Waals surface area contributed by atoms with Crippen molar-refractivity contribution in [3.05, 3.63) is 80.3 Å². The molecule has 2 atom stereocenters. The van der Waals surface area contributed by atoms with Crippen molar-refractivity contribution in [3.63, 3.8) is 0 Å². The van der Waals surface area contributed by atoms with Gasteiger partial charge in [-0.3, -0.25) is 10.1 Å². The fourth-order valence-electron chi connectivity index (χ4n) is 2.82. The lowest BCUT2D eigenvalue weighted by Gasteiger charge is -2.25. The van der Waals surface area contributed by atoms with E-state index in [0.29, 0.717) is 15.6 Å². The molecule has 1 aliphatic rings. The van der Waals surface area contributed by atoms with E-state index in [9.17, 15) is 14.9 Å². The number of halogens is 2. The molecule has 0 bridgehead atoms. The van der Waals surface area contributed by atoms with Crippen LogP contribution in [0.5, 0.6) is 0 Å². The number of hydrogen-bond acceptors (Lipinski definition) is 5. The van der Waals surface area contributed by atoms with Gasteiger partial charge in [0.2, 0.25) is 6.54 Å². The molecular weight excluding hydrogens is 395 g/mol. The summed E-state index contributed by atoms with van der Waals surface area (Å²) in [5.74, 6) is -2.63. The Morgan fingerprint density at radius 2 is 1.84 bits per heavy atom. The number of carbonyl (C=O) groups excluding carboxylic acids is 1. The molecule has 1 aliphatic heterocycles. The highest BCUT2D eigenvalue weighted by molar-refractivity contribution is 9.10. The maximum Gasteiger partial charge on any atom is 0.379 e. The van der Waals surface area contributed by atoms with Gasteiger partial charge < -0.3 is 4.84 Å². The van der Waals surface area contributed by atoms with Gasteiger partial charge in [-0.25, -0.2) is 9.18 Å². The maximum atomic E-state index is 16.0. The minimum Gasteiger partial charge on any atom is -0.314 e. The lowest BCUT2D eigenvalue weighted by molar-refractivity contribution is -0.485. The smallest absolute Gasteiger partial charge is 0.314 e. The summed E-state index contributed by atoms with van der Waals surface area (Å²) in [7, 11) is 0. The van der Waals surface area contributed by atoms with E-state index in [1.54, 1.807) is 54.6 Å².